The first-order valence-electron chi connectivity index (χ1n) is 6.85. The lowest BCUT2D eigenvalue weighted by Gasteiger charge is -2.18. The van der Waals surface area contributed by atoms with Crippen molar-refractivity contribution in [3.05, 3.63) is 0 Å². The average molecular weight is 242 g/mol. The number of aliphatic hydroxyl groups excluding tert-OH is 1. The van der Waals surface area contributed by atoms with Crippen LogP contribution in [0.2, 0.25) is 0 Å². The Morgan fingerprint density at radius 3 is 2.65 bits per heavy atom. The predicted octanol–water partition coefficient (Wildman–Crippen LogP) is 1.18. The van der Waals surface area contributed by atoms with Crippen LogP contribution < -0.4 is 10.6 Å². The lowest BCUT2D eigenvalue weighted by atomic mass is 10.2. The number of carbonyl (C=O) groups is 1. The fraction of sp³-hybridized carbons (Fsp3) is 0.923. The van der Waals surface area contributed by atoms with Crippen molar-refractivity contribution in [2.45, 2.75) is 70.6 Å². The van der Waals surface area contributed by atoms with Crippen LogP contribution in [0.1, 0.15) is 52.4 Å². The Labute approximate surface area is 104 Å². The molecule has 1 aliphatic carbocycles. The Balaban J connectivity index is 2.13. The van der Waals surface area contributed by atoms with Crippen molar-refractivity contribution in [1.29, 1.82) is 0 Å². The molecule has 1 fully saturated rings. The average Bonchev–Trinajstić information content (AvgIpc) is 2.81. The molecule has 1 saturated carbocycles. The van der Waals surface area contributed by atoms with E-state index in [2.05, 4.69) is 10.6 Å². The van der Waals surface area contributed by atoms with Gasteiger partial charge in [0.1, 0.15) is 0 Å². The van der Waals surface area contributed by atoms with Gasteiger partial charge in [-0.05, 0) is 39.2 Å². The smallest absolute Gasteiger partial charge is 0.237 e. The van der Waals surface area contributed by atoms with Gasteiger partial charge >= 0.3 is 0 Å². The maximum atomic E-state index is 11.8. The van der Waals surface area contributed by atoms with E-state index in [4.69, 9.17) is 0 Å². The Kier molecular flexibility index (Phi) is 6.52. The van der Waals surface area contributed by atoms with Crippen LogP contribution in [0.15, 0.2) is 0 Å². The van der Waals surface area contributed by atoms with E-state index >= 15 is 0 Å². The van der Waals surface area contributed by atoms with Crippen molar-refractivity contribution in [3.8, 4) is 0 Å². The number of rotatable bonds is 7. The molecule has 0 aromatic carbocycles. The third-order valence-corrected chi connectivity index (χ3v) is 3.49. The van der Waals surface area contributed by atoms with Crippen molar-refractivity contribution in [1.82, 2.24) is 10.6 Å². The summed E-state index contributed by atoms with van der Waals surface area (Å²) in [4.78, 5) is 11.8. The van der Waals surface area contributed by atoms with Crippen molar-refractivity contribution < 1.29 is 9.90 Å². The zero-order valence-electron chi connectivity index (χ0n) is 11.0. The van der Waals surface area contributed by atoms with Crippen molar-refractivity contribution >= 4 is 5.91 Å². The summed E-state index contributed by atoms with van der Waals surface area (Å²) in [6.07, 6.45) is 5.92. The molecular formula is C13H26N2O2. The molecule has 17 heavy (non-hydrogen) atoms. The molecule has 4 nitrogen and oxygen atoms in total. The molecule has 4 heteroatoms. The summed E-state index contributed by atoms with van der Waals surface area (Å²) in [5.41, 5.74) is 0. The van der Waals surface area contributed by atoms with E-state index in [0.717, 1.165) is 19.3 Å². The molecule has 1 rings (SSSR count). The summed E-state index contributed by atoms with van der Waals surface area (Å²) in [5.74, 6) is 0.0860. The zero-order chi connectivity index (χ0) is 12.7. The minimum Gasteiger partial charge on any atom is -0.393 e. The Hall–Kier alpha value is -0.610. The van der Waals surface area contributed by atoms with Gasteiger partial charge in [0, 0.05) is 6.04 Å². The second-order valence-corrected chi connectivity index (χ2v) is 5.02. The summed E-state index contributed by atoms with van der Waals surface area (Å²) in [6.45, 7) is 4.53. The van der Waals surface area contributed by atoms with Gasteiger partial charge in [-0.25, -0.2) is 0 Å². The first-order chi connectivity index (χ1) is 8.13. The predicted molar refractivity (Wildman–Crippen MR) is 68.8 cm³/mol. The van der Waals surface area contributed by atoms with Gasteiger partial charge < -0.3 is 15.7 Å². The zero-order valence-corrected chi connectivity index (χ0v) is 11.0. The molecule has 0 saturated heterocycles. The molecular weight excluding hydrogens is 216 g/mol. The maximum Gasteiger partial charge on any atom is 0.237 e. The highest BCUT2D eigenvalue weighted by atomic mass is 16.3. The fourth-order valence-corrected chi connectivity index (χ4v) is 2.16. The van der Waals surface area contributed by atoms with Crippen molar-refractivity contribution in [2.75, 3.05) is 6.54 Å². The van der Waals surface area contributed by atoms with Gasteiger partial charge in [0.15, 0.2) is 0 Å². The van der Waals surface area contributed by atoms with Gasteiger partial charge in [-0.3, -0.25) is 4.79 Å². The van der Waals surface area contributed by atoms with Crippen LogP contribution in [0.4, 0.5) is 0 Å². The highest BCUT2D eigenvalue weighted by Crippen LogP contribution is 2.17. The third-order valence-electron chi connectivity index (χ3n) is 3.49. The van der Waals surface area contributed by atoms with Crippen LogP contribution in [0, 0.1) is 0 Å². The van der Waals surface area contributed by atoms with Gasteiger partial charge in [-0.2, -0.15) is 0 Å². The topological polar surface area (TPSA) is 61.4 Å². The van der Waals surface area contributed by atoms with Gasteiger partial charge in [0.05, 0.1) is 12.1 Å². The van der Waals surface area contributed by atoms with E-state index in [1.54, 1.807) is 0 Å². The van der Waals surface area contributed by atoms with E-state index < -0.39 is 0 Å². The van der Waals surface area contributed by atoms with E-state index in [9.17, 15) is 9.90 Å². The number of nitrogens with one attached hydrogen (secondary N) is 2. The molecule has 0 spiro atoms. The van der Waals surface area contributed by atoms with Gasteiger partial charge in [0.25, 0.3) is 0 Å². The van der Waals surface area contributed by atoms with E-state index in [0.29, 0.717) is 19.0 Å². The molecule has 0 radical (unpaired) electrons. The highest BCUT2D eigenvalue weighted by Gasteiger charge is 2.20. The number of amides is 1. The molecule has 0 aliphatic heterocycles. The minimum atomic E-state index is -0.257. The Morgan fingerprint density at radius 1 is 1.41 bits per heavy atom. The van der Waals surface area contributed by atoms with E-state index in [1.165, 1.54) is 12.8 Å². The van der Waals surface area contributed by atoms with Crippen LogP contribution in [-0.4, -0.2) is 35.7 Å². The van der Waals surface area contributed by atoms with Gasteiger partial charge in [-0.1, -0.05) is 19.8 Å². The van der Waals surface area contributed by atoms with Crippen LogP contribution in [0.5, 0.6) is 0 Å². The normalized spacial score (nSPS) is 20.2. The lowest BCUT2D eigenvalue weighted by Crippen LogP contribution is -2.46. The van der Waals surface area contributed by atoms with Crippen LogP contribution >= 0.6 is 0 Å². The van der Waals surface area contributed by atoms with Crippen LogP contribution in [0.3, 0.4) is 0 Å². The Bertz CT molecular complexity index is 227. The molecule has 0 aromatic rings. The van der Waals surface area contributed by atoms with Crippen molar-refractivity contribution in [3.63, 3.8) is 0 Å². The summed E-state index contributed by atoms with van der Waals surface area (Å²) in [7, 11) is 0. The minimum absolute atomic E-state index is 0.0860. The number of hydrogen-bond acceptors (Lipinski definition) is 3. The highest BCUT2D eigenvalue weighted by molar-refractivity contribution is 5.81. The van der Waals surface area contributed by atoms with Gasteiger partial charge in [0.2, 0.25) is 5.91 Å². The first-order valence-corrected chi connectivity index (χ1v) is 6.85. The molecule has 0 bridgehead atoms. The van der Waals surface area contributed by atoms with E-state index in [-0.39, 0.29) is 18.1 Å². The molecule has 2 unspecified atom stereocenters. The molecule has 2 atom stereocenters. The SMILES string of the molecule is CCC(O)CCNC(C)C(=O)NC1CCCC1. The largest absolute Gasteiger partial charge is 0.393 e. The molecule has 1 amide bonds. The summed E-state index contributed by atoms with van der Waals surface area (Å²) in [5, 5.41) is 15.6. The second kappa shape index (κ2) is 7.67. The quantitative estimate of drug-likeness (QED) is 0.628. The summed E-state index contributed by atoms with van der Waals surface area (Å²) in [6, 6.07) is 0.215. The lowest BCUT2D eigenvalue weighted by molar-refractivity contribution is -0.123. The number of hydrogen-bond donors (Lipinski definition) is 3. The molecule has 100 valence electrons. The standard InChI is InChI=1S/C13H26N2O2/c1-3-12(16)8-9-14-10(2)13(17)15-11-6-4-5-7-11/h10-12,14,16H,3-9H2,1-2H3,(H,15,17). The molecule has 3 N–H and O–H groups in total. The van der Waals surface area contributed by atoms with Crippen LogP contribution in [0.25, 0.3) is 0 Å². The third kappa shape index (κ3) is 5.50. The fourth-order valence-electron chi connectivity index (χ4n) is 2.16. The Morgan fingerprint density at radius 2 is 2.06 bits per heavy atom. The molecule has 0 heterocycles. The van der Waals surface area contributed by atoms with Crippen molar-refractivity contribution in [2.24, 2.45) is 0 Å². The monoisotopic (exact) mass is 242 g/mol. The number of carbonyl (C=O) groups excluding carboxylic acids is 1. The molecule has 1 aliphatic rings. The first kappa shape index (κ1) is 14.5. The summed E-state index contributed by atoms with van der Waals surface area (Å²) < 4.78 is 0. The van der Waals surface area contributed by atoms with E-state index in [1.807, 2.05) is 13.8 Å². The number of aliphatic hydroxyl groups is 1. The summed E-state index contributed by atoms with van der Waals surface area (Å²) >= 11 is 0. The maximum absolute atomic E-state index is 11.8. The van der Waals surface area contributed by atoms with Crippen LogP contribution in [-0.2, 0) is 4.79 Å². The second-order valence-electron chi connectivity index (χ2n) is 5.02. The molecule has 0 aromatic heterocycles. The van der Waals surface area contributed by atoms with Gasteiger partial charge in [-0.15, -0.1) is 0 Å².